The van der Waals surface area contributed by atoms with Gasteiger partial charge >= 0.3 is 17.9 Å². The van der Waals surface area contributed by atoms with E-state index in [0.29, 0.717) is 60.6 Å². The smallest absolute Gasteiger partial charge is 0.343 e. The number of esters is 3. The van der Waals surface area contributed by atoms with E-state index >= 15 is 0 Å². The third kappa shape index (κ3) is 11.7. The second-order valence-electron chi connectivity index (χ2n) is 21.1. The van der Waals surface area contributed by atoms with Crippen LogP contribution in [0.2, 0.25) is 0 Å². The number of cyclic esters (lactones) is 1. The number of aryl methyl sites for hydroxylation is 3. The van der Waals surface area contributed by atoms with Gasteiger partial charge in [0.1, 0.15) is 29.5 Å². The van der Waals surface area contributed by atoms with Gasteiger partial charge < -0.3 is 28.6 Å². The SMILES string of the molecule is CCc1c2c(nc3ccc(OC(=O)CCCCCCC(=O)Oc4cc(C)c5c(c4)CC[C@@](C)(CCC[C@H](C)CCC[C@H](C)CCCC(C)C)O5)cc13)-c1cc3c(c(=O)n1C2)COC(=O)[C@]3(O)CC. The second-order valence-corrected chi connectivity index (χ2v) is 21.1. The van der Waals surface area contributed by atoms with Gasteiger partial charge in [-0.25, -0.2) is 9.78 Å². The lowest BCUT2D eigenvalue weighted by Crippen LogP contribution is -2.44. The number of carbonyl (C=O) groups excluding carboxylic acids is 3. The standard InChI is InChI=1S/C57H76N2O9/c1-9-43-44-32-41(25-26-48(44)58-52-45(43)34-59-49(52)33-47-46(54(59)62)35-65-55(63)57(47,64)10-2)66-50(60)23-13-11-12-14-24-51(61)67-42-30-39(7)53-40(31-42)27-29-56(8,68-53)28-17-22-38(6)21-16-20-37(5)19-15-18-36(3)4/h25-26,30-33,36-38,64H,9-24,27-29,34-35H2,1-8H3/t37-,38-,56-,57+/m1/s1. The average Bonchev–Trinajstić information content (AvgIpc) is 3.66. The van der Waals surface area contributed by atoms with Crippen molar-refractivity contribution in [3.8, 4) is 28.6 Å². The summed E-state index contributed by atoms with van der Waals surface area (Å²) in [5.74, 6) is 2.97. The van der Waals surface area contributed by atoms with Crippen molar-refractivity contribution in [1.29, 1.82) is 0 Å². The number of aliphatic hydroxyl groups is 1. The van der Waals surface area contributed by atoms with E-state index in [0.717, 1.165) is 83.2 Å². The van der Waals surface area contributed by atoms with Crippen LogP contribution < -0.4 is 19.8 Å². The molecule has 4 aromatic rings. The number of benzene rings is 2. The third-order valence-electron chi connectivity index (χ3n) is 15.0. The van der Waals surface area contributed by atoms with Crippen molar-refractivity contribution in [3.05, 3.63) is 80.1 Å². The molecule has 2 aromatic carbocycles. The van der Waals surface area contributed by atoms with Crippen molar-refractivity contribution in [3.63, 3.8) is 0 Å². The first-order valence-corrected chi connectivity index (χ1v) is 25.9. The van der Waals surface area contributed by atoms with Crippen molar-refractivity contribution in [2.75, 3.05) is 0 Å². The molecule has 7 rings (SSSR count). The lowest BCUT2D eigenvalue weighted by molar-refractivity contribution is -0.172. The Kier molecular flexibility index (Phi) is 16.6. The fraction of sp³-hybridized carbons (Fsp3) is 0.596. The number of aromatic nitrogens is 2. The molecule has 368 valence electrons. The zero-order valence-electron chi connectivity index (χ0n) is 42.2. The van der Waals surface area contributed by atoms with E-state index in [4.69, 9.17) is 23.9 Å². The average molecular weight is 933 g/mol. The van der Waals surface area contributed by atoms with Crippen molar-refractivity contribution in [2.24, 2.45) is 17.8 Å². The van der Waals surface area contributed by atoms with Gasteiger partial charge in [-0.05, 0) is 136 Å². The Morgan fingerprint density at radius 1 is 0.824 bits per heavy atom. The van der Waals surface area contributed by atoms with Crippen LogP contribution >= 0.6 is 0 Å². The van der Waals surface area contributed by atoms with E-state index in [1.807, 2.05) is 38.1 Å². The molecule has 11 nitrogen and oxygen atoms in total. The molecule has 3 aliphatic heterocycles. The Morgan fingerprint density at radius 3 is 2.15 bits per heavy atom. The number of nitrogens with zero attached hydrogens (tertiary/aromatic N) is 2. The van der Waals surface area contributed by atoms with Crippen LogP contribution in [0.25, 0.3) is 22.3 Å². The van der Waals surface area contributed by atoms with Crippen molar-refractivity contribution in [1.82, 2.24) is 9.55 Å². The second kappa shape index (κ2) is 22.2. The zero-order chi connectivity index (χ0) is 48.8. The fourth-order valence-electron chi connectivity index (χ4n) is 10.7. The van der Waals surface area contributed by atoms with Gasteiger partial charge in [-0.15, -0.1) is 0 Å². The Hall–Kier alpha value is -5.03. The first kappa shape index (κ1) is 50.8. The Labute approximate surface area is 403 Å². The van der Waals surface area contributed by atoms with E-state index in [1.165, 1.54) is 51.4 Å². The van der Waals surface area contributed by atoms with E-state index in [9.17, 15) is 24.3 Å². The molecule has 68 heavy (non-hydrogen) atoms. The number of hydrogen-bond donors (Lipinski definition) is 1. The van der Waals surface area contributed by atoms with Crippen LogP contribution in [0.15, 0.2) is 41.2 Å². The lowest BCUT2D eigenvalue weighted by atomic mass is 9.85. The first-order valence-electron chi connectivity index (χ1n) is 25.9. The molecule has 0 bridgehead atoms. The lowest BCUT2D eigenvalue weighted by Gasteiger charge is -2.37. The van der Waals surface area contributed by atoms with Crippen LogP contribution in [-0.2, 0) is 50.7 Å². The minimum atomic E-state index is -1.89. The summed E-state index contributed by atoms with van der Waals surface area (Å²) in [5, 5.41) is 12.1. The molecule has 0 aliphatic carbocycles. The fourth-order valence-corrected chi connectivity index (χ4v) is 10.7. The summed E-state index contributed by atoms with van der Waals surface area (Å²) < 4.78 is 25.1. The van der Waals surface area contributed by atoms with Gasteiger partial charge in [-0.1, -0.05) is 99.3 Å². The Balaban J connectivity index is 0.823. The minimum Gasteiger partial charge on any atom is -0.487 e. The van der Waals surface area contributed by atoms with Crippen molar-refractivity contribution in [2.45, 2.75) is 202 Å². The molecule has 2 aromatic heterocycles. The molecule has 0 unspecified atom stereocenters. The number of unbranched alkanes of at least 4 members (excludes halogenated alkanes) is 3. The molecular weight excluding hydrogens is 857 g/mol. The highest BCUT2D eigenvalue weighted by atomic mass is 16.6. The van der Waals surface area contributed by atoms with Gasteiger partial charge in [0.25, 0.3) is 5.56 Å². The number of carbonyl (C=O) groups is 3. The number of fused-ring (bicyclic) bond motifs is 6. The molecule has 3 aliphatic rings. The Bertz CT molecular complexity index is 2540. The van der Waals surface area contributed by atoms with E-state index < -0.39 is 11.6 Å². The quantitative estimate of drug-likeness (QED) is 0.0382. The van der Waals surface area contributed by atoms with E-state index in [2.05, 4.69) is 34.6 Å². The molecule has 0 fully saturated rings. The summed E-state index contributed by atoms with van der Waals surface area (Å²) in [4.78, 5) is 57.1. The van der Waals surface area contributed by atoms with Crippen LogP contribution in [0.5, 0.6) is 17.2 Å². The predicted octanol–water partition coefficient (Wildman–Crippen LogP) is 12.3. The number of ether oxygens (including phenoxy) is 4. The number of rotatable bonds is 23. The molecule has 0 saturated carbocycles. The Morgan fingerprint density at radius 2 is 1.49 bits per heavy atom. The molecule has 1 N–H and O–H groups in total. The summed E-state index contributed by atoms with van der Waals surface area (Å²) in [6.07, 6.45) is 17.5. The molecular formula is C57H76N2O9. The normalized spacial score (nSPS) is 19.1. The highest BCUT2D eigenvalue weighted by Crippen LogP contribution is 2.43. The van der Waals surface area contributed by atoms with Crippen molar-refractivity contribution < 1.29 is 38.4 Å². The molecule has 11 heteroatoms. The van der Waals surface area contributed by atoms with Gasteiger partial charge in [0.05, 0.1) is 29.0 Å². The summed E-state index contributed by atoms with van der Waals surface area (Å²) >= 11 is 0. The largest absolute Gasteiger partial charge is 0.487 e. The van der Waals surface area contributed by atoms with Gasteiger partial charge in [0.2, 0.25) is 0 Å². The summed E-state index contributed by atoms with van der Waals surface area (Å²) in [6.45, 7) is 17.6. The van der Waals surface area contributed by atoms with E-state index in [-0.39, 0.29) is 53.7 Å². The number of pyridine rings is 2. The van der Waals surface area contributed by atoms with Crippen LogP contribution in [0.4, 0.5) is 0 Å². The maximum atomic E-state index is 13.7. The summed E-state index contributed by atoms with van der Waals surface area (Å²) in [5.41, 5.74) is 4.04. The predicted molar refractivity (Wildman–Crippen MR) is 266 cm³/mol. The molecule has 0 radical (unpaired) electrons. The molecule has 4 atom stereocenters. The van der Waals surface area contributed by atoms with E-state index in [1.54, 1.807) is 23.6 Å². The highest BCUT2D eigenvalue weighted by Gasteiger charge is 2.45. The van der Waals surface area contributed by atoms with Crippen LogP contribution in [0.1, 0.15) is 191 Å². The topological polar surface area (TPSA) is 143 Å². The minimum absolute atomic E-state index is 0.0730. The number of hydrogen-bond acceptors (Lipinski definition) is 10. The summed E-state index contributed by atoms with van der Waals surface area (Å²) in [7, 11) is 0. The van der Waals surface area contributed by atoms with Gasteiger partial charge in [0.15, 0.2) is 5.60 Å². The first-order chi connectivity index (χ1) is 32.5. The third-order valence-corrected chi connectivity index (χ3v) is 15.0. The maximum Gasteiger partial charge on any atom is 0.343 e. The summed E-state index contributed by atoms with van der Waals surface area (Å²) in [6, 6.07) is 11.0. The van der Waals surface area contributed by atoms with Gasteiger partial charge in [-0.3, -0.25) is 14.4 Å². The zero-order valence-corrected chi connectivity index (χ0v) is 42.2. The van der Waals surface area contributed by atoms with Crippen LogP contribution in [-0.4, -0.2) is 38.2 Å². The van der Waals surface area contributed by atoms with Gasteiger partial charge in [0, 0.05) is 29.4 Å². The molecule has 0 amide bonds. The monoisotopic (exact) mass is 933 g/mol. The van der Waals surface area contributed by atoms with Crippen LogP contribution in [0, 0.1) is 24.7 Å². The molecule has 5 heterocycles. The maximum absolute atomic E-state index is 13.7. The van der Waals surface area contributed by atoms with Crippen molar-refractivity contribution >= 4 is 28.8 Å². The molecule has 0 saturated heterocycles. The molecule has 0 spiro atoms. The van der Waals surface area contributed by atoms with Gasteiger partial charge in [-0.2, -0.15) is 0 Å². The highest BCUT2D eigenvalue weighted by molar-refractivity contribution is 5.90. The van der Waals surface area contributed by atoms with Crippen LogP contribution in [0.3, 0.4) is 0 Å².